The number of fused-ring (bicyclic) bond motifs is 2. The second-order valence-corrected chi connectivity index (χ2v) is 21.9. The molecule has 0 aromatic rings. The molecule has 0 radical (unpaired) electrons. The van der Waals surface area contributed by atoms with E-state index >= 15 is 0 Å². The summed E-state index contributed by atoms with van der Waals surface area (Å²) in [5.74, 6) is -0.887. The monoisotopic (exact) mass is 922 g/mol. The number of esters is 6. The lowest BCUT2D eigenvalue weighted by Gasteiger charge is -2.42. The van der Waals surface area contributed by atoms with Crippen LogP contribution in [0.1, 0.15) is 203 Å². The predicted octanol–water partition coefficient (Wildman–Crippen LogP) is 11.3. The molecule has 0 N–H and O–H groups in total. The van der Waals surface area contributed by atoms with E-state index in [1.165, 1.54) is 0 Å². The van der Waals surface area contributed by atoms with Gasteiger partial charge in [0.05, 0.1) is 28.2 Å². The van der Waals surface area contributed by atoms with E-state index < -0.39 is 53.0 Å². The Labute approximate surface area is 393 Å². The molecule has 13 heteroatoms. The molecule has 13 nitrogen and oxygen atoms in total. The Morgan fingerprint density at radius 2 is 1.18 bits per heavy atom. The van der Waals surface area contributed by atoms with Crippen LogP contribution < -0.4 is 0 Å². The number of nitrogens with zero attached hydrogens (tertiary/aromatic N) is 1. The molecule has 0 spiro atoms. The summed E-state index contributed by atoms with van der Waals surface area (Å²) < 4.78 is 32.5. The summed E-state index contributed by atoms with van der Waals surface area (Å²) in [4.78, 5) is 72.2. The number of hydrogen-bond acceptors (Lipinski definition) is 13. The van der Waals surface area contributed by atoms with Crippen molar-refractivity contribution >= 4 is 35.8 Å². The van der Waals surface area contributed by atoms with Crippen molar-refractivity contribution in [2.45, 2.75) is 233 Å². The zero-order valence-electron chi connectivity index (χ0n) is 40.7. The zero-order valence-corrected chi connectivity index (χ0v) is 40.7. The SMILES string of the molecule is C.C.C.CCC(C)(C)C(=O)OC(C)(C)C.CCC(C)(C)C(=O)OCC(=O)OC1C2CC3C1OC(=O)C3(C#N)C2.CCC(C)(C)OC(=O)C1CCC2CC(OC(=O)C(C)(C)CC)CCC2C1. The van der Waals surface area contributed by atoms with E-state index in [1.54, 1.807) is 13.8 Å². The van der Waals surface area contributed by atoms with Gasteiger partial charge in [-0.2, -0.15) is 5.26 Å². The third-order valence-electron chi connectivity index (χ3n) is 14.5. The fraction of sp³-hybridized carbons (Fsp3) is 0.865. The van der Waals surface area contributed by atoms with E-state index in [9.17, 15) is 34.0 Å². The normalized spacial score (nSPS) is 27.6. The Morgan fingerprint density at radius 3 is 1.71 bits per heavy atom. The average Bonchev–Trinajstić information content (AvgIpc) is 3.81. The van der Waals surface area contributed by atoms with E-state index in [-0.39, 0.29) is 80.7 Å². The van der Waals surface area contributed by atoms with E-state index in [0.717, 1.165) is 57.8 Å². The Hall–Kier alpha value is -3.69. The fourth-order valence-corrected chi connectivity index (χ4v) is 8.55. The lowest BCUT2D eigenvalue weighted by molar-refractivity contribution is -0.172. The van der Waals surface area contributed by atoms with Gasteiger partial charge >= 0.3 is 35.8 Å². The molecule has 0 aromatic carbocycles. The highest BCUT2D eigenvalue weighted by molar-refractivity contribution is 5.85. The molecule has 376 valence electrons. The highest BCUT2D eigenvalue weighted by Gasteiger charge is 2.72. The highest BCUT2D eigenvalue weighted by atomic mass is 16.6. The van der Waals surface area contributed by atoms with Crippen molar-refractivity contribution in [3.63, 3.8) is 0 Å². The molecular formula is C52H91NO12. The molecule has 5 rings (SSSR count). The highest BCUT2D eigenvalue weighted by Crippen LogP contribution is 2.62. The fourth-order valence-electron chi connectivity index (χ4n) is 8.55. The summed E-state index contributed by atoms with van der Waals surface area (Å²) in [5.41, 5.74) is -3.21. The smallest absolute Gasteiger partial charge is 0.344 e. The van der Waals surface area contributed by atoms with Crippen LogP contribution in [-0.2, 0) is 57.2 Å². The van der Waals surface area contributed by atoms with Crippen LogP contribution in [0.4, 0.5) is 0 Å². The first-order valence-electron chi connectivity index (χ1n) is 23.2. The minimum Gasteiger partial charge on any atom is -0.462 e. The minimum absolute atomic E-state index is 0. The Morgan fingerprint density at radius 1 is 0.662 bits per heavy atom. The van der Waals surface area contributed by atoms with Gasteiger partial charge in [0.15, 0.2) is 12.0 Å². The lowest BCUT2D eigenvalue weighted by Crippen LogP contribution is -2.40. The van der Waals surface area contributed by atoms with Gasteiger partial charge in [-0.05, 0) is 165 Å². The van der Waals surface area contributed by atoms with Gasteiger partial charge in [0.25, 0.3) is 0 Å². The van der Waals surface area contributed by atoms with Crippen LogP contribution in [0.5, 0.6) is 0 Å². The van der Waals surface area contributed by atoms with E-state index in [4.69, 9.17) is 28.4 Å². The largest absolute Gasteiger partial charge is 0.462 e. The number of carbonyl (C=O) groups excluding carboxylic acids is 6. The molecule has 9 atom stereocenters. The summed E-state index contributed by atoms with van der Waals surface area (Å²) in [7, 11) is 0. The number of rotatable bonds is 13. The van der Waals surface area contributed by atoms with Crippen LogP contribution in [-0.4, -0.2) is 71.9 Å². The molecule has 9 unspecified atom stereocenters. The number of hydrogen-bond donors (Lipinski definition) is 0. The first-order chi connectivity index (χ1) is 28.5. The summed E-state index contributed by atoms with van der Waals surface area (Å²) in [6, 6.07) is 2.10. The number of nitriles is 1. The molecule has 2 bridgehead atoms. The molecule has 0 amide bonds. The van der Waals surface area contributed by atoms with Crippen LogP contribution in [0.2, 0.25) is 0 Å². The van der Waals surface area contributed by atoms with Gasteiger partial charge in [-0.15, -0.1) is 0 Å². The Kier molecular flexibility index (Phi) is 22.5. The molecule has 5 fully saturated rings. The number of carbonyl (C=O) groups is 6. The minimum atomic E-state index is -1.06. The summed E-state index contributed by atoms with van der Waals surface area (Å²) in [6.07, 6.45) is 8.81. The average molecular weight is 922 g/mol. The van der Waals surface area contributed by atoms with Crippen molar-refractivity contribution in [1.29, 1.82) is 5.26 Å². The van der Waals surface area contributed by atoms with E-state index in [2.05, 4.69) is 6.07 Å². The molecular weight excluding hydrogens is 831 g/mol. The summed E-state index contributed by atoms with van der Waals surface area (Å²) in [6.45, 7) is 28.3. The van der Waals surface area contributed by atoms with Crippen LogP contribution in [0.3, 0.4) is 0 Å². The molecule has 5 aliphatic rings. The molecule has 1 aliphatic heterocycles. The predicted molar refractivity (Wildman–Crippen MR) is 252 cm³/mol. The first-order valence-corrected chi connectivity index (χ1v) is 23.2. The first kappa shape index (κ1) is 61.3. The van der Waals surface area contributed by atoms with Gasteiger partial charge in [-0.1, -0.05) is 50.0 Å². The van der Waals surface area contributed by atoms with Crippen molar-refractivity contribution in [3.8, 4) is 6.07 Å². The molecule has 65 heavy (non-hydrogen) atoms. The van der Waals surface area contributed by atoms with Crippen molar-refractivity contribution < 1.29 is 57.2 Å². The van der Waals surface area contributed by atoms with Gasteiger partial charge in [0, 0.05) is 11.8 Å². The molecule has 1 heterocycles. The van der Waals surface area contributed by atoms with Crippen LogP contribution in [0.15, 0.2) is 0 Å². The summed E-state index contributed by atoms with van der Waals surface area (Å²) >= 11 is 0. The number of ether oxygens (including phenoxy) is 6. The Bertz CT molecular complexity index is 1670. The van der Waals surface area contributed by atoms with Gasteiger partial charge in [0.1, 0.15) is 29.5 Å². The van der Waals surface area contributed by atoms with Crippen LogP contribution in [0, 0.1) is 62.6 Å². The van der Waals surface area contributed by atoms with Crippen LogP contribution in [0.25, 0.3) is 0 Å². The van der Waals surface area contributed by atoms with Crippen molar-refractivity contribution in [3.05, 3.63) is 0 Å². The van der Waals surface area contributed by atoms with Crippen molar-refractivity contribution in [2.75, 3.05) is 6.61 Å². The van der Waals surface area contributed by atoms with Gasteiger partial charge in [-0.3, -0.25) is 24.0 Å². The zero-order chi connectivity index (χ0) is 47.2. The summed E-state index contributed by atoms with van der Waals surface area (Å²) in [5, 5.41) is 9.33. The van der Waals surface area contributed by atoms with Crippen molar-refractivity contribution in [1.82, 2.24) is 0 Å². The standard InChI is InChI=1S/C22H38O4.C17H21NO6.C10H20O2.3CH4/c1-7-21(3,4)20(24)25-18-12-11-15-13-17(10-9-16(15)14-18)19(23)26-22(5,6)8-2;1-4-16(2,3)14(20)22-7-11(19)23-12-9-5-10-13(12)24-15(21)17(10,6-9)8-18;1-7-10(5,6)8(11)12-9(2,3)4;;;/h15-18H,7-14H2,1-6H3;9-10,12-13H,4-7H2,1-3H3;7H2,1-6H3;3*1H4. The quantitative estimate of drug-likeness (QED) is 0.126. The molecule has 0 aromatic heterocycles. The van der Waals surface area contributed by atoms with Gasteiger partial charge < -0.3 is 28.4 Å². The second-order valence-electron chi connectivity index (χ2n) is 21.9. The van der Waals surface area contributed by atoms with Crippen LogP contribution >= 0.6 is 0 Å². The Balaban J connectivity index is 0.000000982. The third kappa shape index (κ3) is 15.4. The topological polar surface area (TPSA) is 182 Å². The van der Waals surface area contributed by atoms with Gasteiger partial charge in [-0.25, -0.2) is 4.79 Å². The molecule has 4 saturated carbocycles. The van der Waals surface area contributed by atoms with E-state index in [1.807, 2.05) is 90.0 Å². The molecule has 4 aliphatic carbocycles. The lowest BCUT2D eigenvalue weighted by atomic mass is 9.67. The van der Waals surface area contributed by atoms with Gasteiger partial charge in [0.2, 0.25) is 0 Å². The second kappa shape index (κ2) is 23.9. The maximum atomic E-state index is 12.5. The maximum Gasteiger partial charge on any atom is 0.344 e. The van der Waals surface area contributed by atoms with E-state index in [0.29, 0.717) is 31.1 Å². The molecule has 1 saturated heterocycles. The maximum absolute atomic E-state index is 12.5. The third-order valence-corrected chi connectivity index (χ3v) is 14.5. The van der Waals surface area contributed by atoms with Crippen molar-refractivity contribution in [2.24, 2.45) is 51.2 Å².